The quantitative estimate of drug-likeness (QED) is 0.915. The Hall–Kier alpha value is -1.59. The number of hydrogen-bond donors (Lipinski definition) is 1. The minimum atomic E-state index is -0.786. The Labute approximate surface area is 144 Å². The molecule has 1 aromatic carbocycles. The number of rotatable bonds is 4. The van der Waals surface area contributed by atoms with Gasteiger partial charge in [0.15, 0.2) is 0 Å². The molecule has 0 saturated carbocycles. The van der Waals surface area contributed by atoms with Crippen molar-refractivity contribution < 1.29 is 14.6 Å². The molecule has 0 unspecified atom stereocenters. The Bertz CT molecular complexity index is 543. The number of likely N-dealkylation sites (tertiary alicyclic amines) is 2. The van der Waals surface area contributed by atoms with Crippen molar-refractivity contribution in [1.82, 2.24) is 9.80 Å². The number of ether oxygens (including phenoxy) is 1. The summed E-state index contributed by atoms with van der Waals surface area (Å²) in [6.07, 6.45) is 3.76. The standard InChI is InChI=1S/C19H28N2O3/c1-16(22)20-12-8-17(9-13-20)21-11-5-10-19(23,14-21)15-24-18-6-3-2-4-7-18/h2-4,6-7,17,23H,5,8-15H2,1H3/t19-/m1/s1. The van der Waals surface area contributed by atoms with Crippen molar-refractivity contribution >= 4 is 5.91 Å². The number of hydrogen-bond acceptors (Lipinski definition) is 4. The highest BCUT2D eigenvalue weighted by molar-refractivity contribution is 5.73. The third kappa shape index (κ3) is 4.28. The molecule has 2 saturated heterocycles. The maximum atomic E-state index is 11.5. The highest BCUT2D eigenvalue weighted by Gasteiger charge is 2.37. The third-order valence-electron chi connectivity index (χ3n) is 5.26. The highest BCUT2D eigenvalue weighted by atomic mass is 16.5. The van der Waals surface area contributed by atoms with Crippen LogP contribution < -0.4 is 4.74 Å². The average Bonchev–Trinajstić information content (AvgIpc) is 2.61. The van der Waals surface area contributed by atoms with E-state index >= 15 is 0 Å². The highest BCUT2D eigenvalue weighted by Crippen LogP contribution is 2.27. The van der Waals surface area contributed by atoms with Gasteiger partial charge < -0.3 is 14.7 Å². The van der Waals surface area contributed by atoms with E-state index in [9.17, 15) is 9.90 Å². The van der Waals surface area contributed by atoms with Crippen LogP contribution in [0.4, 0.5) is 0 Å². The Kier molecular flexibility index (Phi) is 5.41. The number of benzene rings is 1. The van der Waals surface area contributed by atoms with Gasteiger partial charge in [-0.15, -0.1) is 0 Å². The number of piperidine rings is 2. The molecule has 1 amide bonds. The van der Waals surface area contributed by atoms with Gasteiger partial charge in [0.25, 0.3) is 0 Å². The lowest BCUT2D eigenvalue weighted by molar-refractivity contribution is -0.131. The van der Waals surface area contributed by atoms with Crippen LogP contribution in [0, 0.1) is 0 Å². The smallest absolute Gasteiger partial charge is 0.219 e. The topological polar surface area (TPSA) is 53.0 Å². The molecule has 3 rings (SSSR count). The zero-order valence-electron chi connectivity index (χ0n) is 14.5. The van der Waals surface area contributed by atoms with Crippen LogP contribution in [0.3, 0.4) is 0 Å². The zero-order chi connectivity index (χ0) is 17.0. The van der Waals surface area contributed by atoms with Gasteiger partial charge >= 0.3 is 0 Å². The van der Waals surface area contributed by atoms with E-state index in [1.54, 1.807) is 6.92 Å². The minimum Gasteiger partial charge on any atom is -0.491 e. The molecule has 0 aliphatic carbocycles. The molecule has 5 heteroatoms. The summed E-state index contributed by atoms with van der Waals surface area (Å²) >= 11 is 0. The average molecular weight is 332 g/mol. The van der Waals surface area contributed by atoms with Gasteiger partial charge in [-0.3, -0.25) is 9.69 Å². The number of para-hydroxylation sites is 1. The van der Waals surface area contributed by atoms with Crippen molar-refractivity contribution in [2.24, 2.45) is 0 Å². The van der Waals surface area contributed by atoms with Crippen LogP contribution in [0.25, 0.3) is 0 Å². The molecular formula is C19H28N2O3. The Balaban J connectivity index is 1.53. The first-order chi connectivity index (χ1) is 11.6. The lowest BCUT2D eigenvalue weighted by atomic mass is 9.90. The van der Waals surface area contributed by atoms with Crippen LogP contribution in [-0.4, -0.2) is 65.2 Å². The normalized spacial score (nSPS) is 26.3. The van der Waals surface area contributed by atoms with Crippen LogP contribution in [-0.2, 0) is 4.79 Å². The fourth-order valence-electron chi connectivity index (χ4n) is 3.86. The molecule has 2 fully saturated rings. The van der Waals surface area contributed by atoms with Gasteiger partial charge in [-0.05, 0) is 44.4 Å². The largest absolute Gasteiger partial charge is 0.491 e. The van der Waals surface area contributed by atoms with E-state index in [0.717, 1.165) is 51.1 Å². The molecule has 1 N–H and O–H groups in total. The van der Waals surface area contributed by atoms with Crippen molar-refractivity contribution in [3.8, 4) is 5.75 Å². The van der Waals surface area contributed by atoms with Gasteiger partial charge in [0.1, 0.15) is 18.0 Å². The summed E-state index contributed by atoms with van der Waals surface area (Å²) in [7, 11) is 0. The van der Waals surface area contributed by atoms with E-state index in [2.05, 4.69) is 4.90 Å². The molecule has 2 aliphatic rings. The molecule has 2 aliphatic heterocycles. The SMILES string of the molecule is CC(=O)N1CCC(N2CCC[C@](O)(COc3ccccc3)C2)CC1. The molecule has 0 bridgehead atoms. The van der Waals surface area contributed by atoms with Crippen LogP contribution in [0.1, 0.15) is 32.6 Å². The van der Waals surface area contributed by atoms with Gasteiger partial charge in [-0.2, -0.15) is 0 Å². The summed E-state index contributed by atoms with van der Waals surface area (Å²) in [6.45, 7) is 5.31. The number of carbonyl (C=O) groups is 1. The van der Waals surface area contributed by atoms with E-state index in [-0.39, 0.29) is 5.91 Å². The summed E-state index contributed by atoms with van der Waals surface area (Å²) in [5, 5.41) is 10.9. The fraction of sp³-hybridized carbons (Fsp3) is 0.632. The molecule has 5 nitrogen and oxygen atoms in total. The van der Waals surface area contributed by atoms with Crippen LogP contribution in [0.15, 0.2) is 30.3 Å². The van der Waals surface area contributed by atoms with Crippen LogP contribution in [0.2, 0.25) is 0 Å². The van der Waals surface area contributed by atoms with E-state index in [1.165, 1.54) is 0 Å². The van der Waals surface area contributed by atoms with Crippen molar-refractivity contribution in [1.29, 1.82) is 0 Å². The van der Waals surface area contributed by atoms with Gasteiger partial charge in [0.2, 0.25) is 5.91 Å². The fourth-order valence-corrected chi connectivity index (χ4v) is 3.86. The number of amides is 1. The Morgan fingerprint density at radius 3 is 2.62 bits per heavy atom. The number of β-amino-alcohol motifs (C(OH)–C–C–N with tert-alkyl or cyclic N) is 1. The summed E-state index contributed by atoms with van der Waals surface area (Å²) < 4.78 is 5.80. The second-order valence-electron chi connectivity index (χ2n) is 7.14. The number of nitrogens with zero attached hydrogens (tertiary/aromatic N) is 2. The van der Waals surface area contributed by atoms with E-state index in [0.29, 0.717) is 19.2 Å². The first-order valence-corrected chi connectivity index (χ1v) is 8.96. The molecule has 0 radical (unpaired) electrons. The van der Waals surface area contributed by atoms with E-state index < -0.39 is 5.60 Å². The number of aliphatic hydroxyl groups is 1. The number of carbonyl (C=O) groups excluding carboxylic acids is 1. The molecular weight excluding hydrogens is 304 g/mol. The zero-order valence-corrected chi connectivity index (χ0v) is 14.5. The van der Waals surface area contributed by atoms with E-state index in [4.69, 9.17) is 4.74 Å². The molecule has 24 heavy (non-hydrogen) atoms. The summed E-state index contributed by atoms with van der Waals surface area (Å²) in [4.78, 5) is 15.8. The lowest BCUT2D eigenvalue weighted by Crippen LogP contribution is -2.56. The first-order valence-electron chi connectivity index (χ1n) is 8.96. The van der Waals surface area contributed by atoms with Crippen LogP contribution in [0.5, 0.6) is 5.75 Å². The Morgan fingerprint density at radius 2 is 1.96 bits per heavy atom. The lowest BCUT2D eigenvalue weighted by Gasteiger charge is -2.45. The maximum absolute atomic E-state index is 11.5. The molecule has 1 atom stereocenters. The summed E-state index contributed by atoms with van der Waals surface area (Å²) in [5.74, 6) is 0.970. The van der Waals surface area contributed by atoms with Crippen molar-refractivity contribution in [3.05, 3.63) is 30.3 Å². The predicted molar refractivity (Wildman–Crippen MR) is 93.0 cm³/mol. The van der Waals surface area contributed by atoms with Gasteiger partial charge in [0, 0.05) is 32.6 Å². The molecule has 132 valence electrons. The van der Waals surface area contributed by atoms with Crippen LogP contribution >= 0.6 is 0 Å². The van der Waals surface area contributed by atoms with Crippen molar-refractivity contribution in [2.45, 2.75) is 44.2 Å². The summed E-state index contributed by atoms with van der Waals surface area (Å²) in [5.41, 5.74) is -0.786. The second kappa shape index (κ2) is 7.53. The predicted octanol–water partition coefficient (Wildman–Crippen LogP) is 1.90. The summed E-state index contributed by atoms with van der Waals surface area (Å²) in [6, 6.07) is 10.1. The van der Waals surface area contributed by atoms with E-state index in [1.807, 2.05) is 35.2 Å². The maximum Gasteiger partial charge on any atom is 0.219 e. The second-order valence-corrected chi connectivity index (χ2v) is 7.14. The van der Waals surface area contributed by atoms with Gasteiger partial charge in [0.05, 0.1) is 0 Å². The third-order valence-corrected chi connectivity index (χ3v) is 5.26. The van der Waals surface area contributed by atoms with Crippen molar-refractivity contribution in [2.75, 3.05) is 32.8 Å². The monoisotopic (exact) mass is 332 g/mol. The van der Waals surface area contributed by atoms with Gasteiger partial charge in [-0.1, -0.05) is 18.2 Å². The van der Waals surface area contributed by atoms with Gasteiger partial charge in [-0.25, -0.2) is 0 Å². The van der Waals surface area contributed by atoms with Crippen molar-refractivity contribution in [3.63, 3.8) is 0 Å². The molecule has 1 aromatic rings. The molecule has 0 spiro atoms. The molecule has 2 heterocycles. The minimum absolute atomic E-state index is 0.167. The Morgan fingerprint density at radius 1 is 1.25 bits per heavy atom. The first kappa shape index (κ1) is 17.2. The molecule has 0 aromatic heterocycles.